The average molecular weight is 112 g/mol. The Hall–Kier alpha value is -0.260. The summed E-state index contributed by atoms with van der Waals surface area (Å²) in [5.74, 6) is 0.782. The van der Waals surface area contributed by atoms with Crippen LogP contribution in [0.15, 0.2) is 12.2 Å². The van der Waals surface area contributed by atoms with Gasteiger partial charge >= 0.3 is 0 Å². The average Bonchev–Trinajstić information content (AvgIpc) is 1.68. The maximum absolute atomic E-state index is 2.25. The van der Waals surface area contributed by atoms with Gasteiger partial charge in [0.05, 0.1) is 0 Å². The smallest absolute Gasteiger partial charge is 0.0262 e. The lowest BCUT2D eigenvalue weighted by Gasteiger charge is -1.99. The van der Waals surface area contributed by atoms with Gasteiger partial charge in [-0.2, -0.15) is 0 Å². The van der Waals surface area contributed by atoms with E-state index in [2.05, 4.69) is 32.9 Å². The van der Waals surface area contributed by atoms with E-state index in [4.69, 9.17) is 0 Å². The first-order valence-corrected chi connectivity index (χ1v) is 3.44. The number of allylic oxidation sites excluding steroid dienone is 2. The second-order valence-corrected chi connectivity index (χ2v) is 2.29. The number of rotatable bonds is 3. The predicted molar refractivity (Wildman–Crippen MR) is 38.9 cm³/mol. The third-order valence-corrected chi connectivity index (χ3v) is 1.26. The Morgan fingerprint density at radius 3 is 2.50 bits per heavy atom. The van der Waals surface area contributed by atoms with Crippen LogP contribution in [0.3, 0.4) is 0 Å². The van der Waals surface area contributed by atoms with E-state index >= 15 is 0 Å². The van der Waals surface area contributed by atoms with Gasteiger partial charge in [0, 0.05) is 0 Å². The van der Waals surface area contributed by atoms with Gasteiger partial charge in [-0.3, -0.25) is 0 Å². The molecule has 0 aromatic rings. The van der Waals surface area contributed by atoms with Crippen molar-refractivity contribution < 1.29 is 0 Å². The lowest BCUT2D eigenvalue weighted by molar-refractivity contribution is 0.633. The SMILES string of the molecule is C/C=C/C(C)CCC. The Balaban J connectivity index is 3.17. The van der Waals surface area contributed by atoms with Crippen LogP contribution in [0.25, 0.3) is 0 Å². The second-order valence-electron chi connectivity index (χ2n) is 2.29. The monoisotopic (exact) mass is 112 g/mol. The van der Waals surface area contributed by atoms with Crippen molar-refractivity contribution in [2.45, 2.75) is 33.6 Å². The van der Waals surface area contributed by atoms with E-state index in [0.29, 0.717) is 0 Å². The van der Waals surface area contributed by atoms with Crippen LogP contribution >= 0.6 is 0 Å². The lowest BCUT2D eigenvalue weighted by Crippen LogP contribution is -1.85. The molecule has 0 saturated carbocycles. The van der Waals surface area contributed by atoms with Gasteiger partial charge in [0.1, 0.15) is 0 Å². The minimum atomic E-state index is 0.782. The largest absolute Gasteiger partial charge is 0.0914 e. The summed E-state index contributed by atoms with van der Waals surface area (Å²) < 4.78 is 0. The van der Waals surface area contributed by atoms with Crippen LogP contribution in [0.2, 0.25) is 0 Å². The molecule has 0 heterocycles. The minimum Gasteiger partial charge on any atom is -0.0914 e. The molecular formula is C8H16. The molecular weight excluding hydrogens is 96.1 g/mol. The fourth-order valence-electron chi connectivity index (χ4n) is 0.880. The zero-order chi connectivity index (χ0) is 6.41. The van der Waals surface area contributed by atoms with Gasteiger partial charge < -0.3 is 0 Å². The Kier molecular flexibility index (Phi) is 4.73. The van der Waals surface area contributed by atoms with Crippen molar-refractivity contribution in [1.29, 1.82) is 0 Å². The summed E-state index contributed by atoms with van der Waals surface area (Å²) >= 11 is 0. The molecule has 0 bridgehead atoms. The van der Waals surface area contributed by atoms with Gasteiger partial charge in [0.15, 0.2) is 0 Å². The first-order chi connectivity index (χ1) is 3.81. The highest BCUT2D eigenvalue weighted by Gasteiger charge is 1.90. The second kappa shape index (κ2) is 4.89. The number of hydrogen-bond acceptors (Lipinski definition) is 0. The van der Waals surface area contributed by atoms with Gasteiger partial charge in [-0.15, -0.1) is 0 Å². The van der Waals surface area contributed by atoms with Crippen LogP contribution in [0, 0.1) is 5.92 Å². The normalized spacial score (nSPS) is 14.9. The van der Waals surface area contributed by atoms with Crippen LogP contribution in [-0.2, 0) is 0 Å². The molecule has 0 heteroatoms. The van der Waals surface area contributed by atoms with Crippen molar-refractivity contribution >= 4 is 0 Å². The summed E-state index contributed by atoms with van der Waals surface area (Å²) in [5.41, 5.74) is 0. The molecule has 0 saturated heterocycles. The van der Waals surface area contributed by atoms with Crippen molar-refractivity contribution in [3.8, 4) is 0 Å². The summed E-state index contributed by atoms with van der Waals surface area (Å²) in [7, 11) is 0. The summed E-state index contributed by atoms with van der Waals surface area (Å²) in [6.07, 6.45) is 7.00. The van der Waals surface area contributed by atoms with Crippen LogP contribution < -0.4 is 0 Å². The van der Waals surface area contributed by atoms with Gasteiger partial charge in [0.25, 0.3) is 0 Å². The third kappa shape index (κ3) is 3.91. The van der Waals surface area contributed by atoms with Crippen LogP contribution in [0.5, 0.6) is 0 Å². The van der Waals surface area contributed by atoms with Gasteiger partial charge in [0.2, 0.25) is 0 Å². The highest BCUT2D eigenvalue weighted by atomic mass is 14.0. The van der Waals surface area contributed by atoms with Gasteiger partial charge in [-0.05, 0) is 19.3 Å². The van der Waals surface area contributed by atoms with E-state index in [1.54, 1.807) is 0 Å². The first kappa shape index (κ1) is 7.74. The van der Waals surface area contributed by atoms with Gasteiger partial charge in [-0.25, -0.2) is 0 Å². The van der Waals surface area contributed by atoms with Crippen molar-refractivity contribution in [3.05, 3.63) is 12.2 Å². The molecule has 0 aliphatic rings. The molecule has 48 valence electrons. The molecule has 8 heavy (non-hydrogen) atoms. The van der Waals surface area contributed by atoms with E-state index in [-0.39, 0.29) is 0 Å². The van der Waals surface area contributed by atoms with Crippen molar-refractivity contribution in [2.24, 2.45) is 5.92 Å². The van der Waals surface area contributed by atoms with Crippen LogP contribution in [0.1, 0.15) is 33.6 Å². The Morgan fingerprint density at radius 1 is 1.50 bits per heavy atom. The Bertz CT molecular complexity index is 62.4. The molecule has 0 radical (unpaired) electrons. The van der Waals surface area contributed by atoms with Crippen molar-refractivity contribution in [3.63, 3.8) is 0 Å². The van der Waals surface area contributed by atoms with E-state index in [0.717, 1.165) is 5.92 Å². The molecule has 0 aromatic heterocycles. The fraction of sp³-hybridized carbons (Fsp3) is 0.750. The Morgan fingerprint density at radius 2 is 2.12 bits per heavy atom. The lowest BCUT2D eigenvalue weighted by atomic mass is 10.1. The van der Waals surface area contributed by atoms with Crippen LogP contribution in [-0.4, -0.2) is 0 Å². The highest BCUT2D eigenvalue weighted by Crippen LogP contribution is 2.05. The van der Waals surface area contributed by atoms with E-state index in [1.165, 1.54) is 12.8 Å². The van der Waals surface area contributed by atoms with Gasteiger partial charge in [-0.1, -0.05) is 32.4 Å². The summed E-state index contributed by atoms with van der Waals surface area (Å²) in [5, 5.41) is 0. The standard InChI is InChI=1S/C8H16/c1-4-6-8(3)7-5-2/h4,6,8H,5,7H2,1-3H3/b6-4+. The molecule has 0 N–H and O–H groups in total. The highest BCUT2D eigenvalue weighted by molar-refractivity contribution is 4.82. The van der Waals surface area contributed by atoms with Crippen LogP contribution in [0.4, 0.5) is 0 Å². The molecule has 0 spiro atoms. The van der Waals surface area contributed by atoms with Crippen molar-refractivity contribution in [2.75, 3.05) is 0 Å². The maximum atomic E-state index is 2.25. The molecule has 0 aliphatic heterocycles. The first-order valence-electron chi connectivity index (χ1n) is 3.44. The topological polar surface area (TPSA) is 0 Å². The molecule has 1 unspecified atom stereocenters. The quantitative estimate of drug-likeness (QED) is 0.492. The zero-order valence-corrected chi connectivity index (χ0v) is 6.15. The van der Waals surface area contributed by atoms with E-state index in [9.17, 15) is 0 Å². The zero-order valence-electron chi connectivity index (χ0n) is 6.15. The van der Waals surface area contributed by atoms with Crippen molar-refractivity contribution in [1.82, 2.24) is 0 Å². The Labute approximate surface area is 52.6 Å². The molecule has 0 amide bonds. The summed E-state index contributed by atoms with van der Waals surface area (Å²) in [6, 6.07) is 0. The summed E-state index contributed by atoms with van der Waals surface area (Å²) in [4.78, 5) is 0. The molecule has 0 nitrogen and oxygen atoms in total. The van der Waals surface area contributed by atoms with E-state index < -0.39 is 0 Å². The summed E-state index contributed by atoms with van der Waals surface area (Å²) in [6.45, 7) is 6.55. The molecule has 0 fully saturated rings. The minimum absolute atomic E-state index is 0.782. The molecule has 0 aromatic carbocycles. The number of hydrogen-bond donors (Lipinski definition) is 0. The van der Waals surface area contributed by atoms with E-state index in [1.807, 2.05) is 0 Å². The molecule has 1 atom stereocenters. The maximum Gasteiger partial charge on any atom is -0.0262 e. The third-order valence-electron chi connectivity index (χ3n) is 1.26. The molecule has 0 aliphatic carbocycles. The predicted octanol–water partition coefficient (Wildman–Crippen LogP) is 3.00. The fourth-order valence-corrected chi connectivity index (χ4v) is 0.880. The molecule has 0 rings (SSSR count).